The summed E-state index contributed by atoms with van der Waals surface area (Å²) in [4.78, 5) is 16.1. The molecule has 5 heteroatoms. The minimum Gasteiger partial charge on any atom is -0.455 e. The van der Waals surface area contributed by atoms with Gasteiger partial charge in [0.25, 0.3) is 0 Å². The van der Waals surface area contributed by atoms with Crippen LogP contribution >= 0.6 is 0 Å². The largest absolute Gasteiger partial charge is 0.455 e. The summed E-state index contributed by atoms with van der Waals surface area (Å²) in [5.74, 6) is 1.74. The van der Waals surface area contributed by atoms with Crippen LogP contribution in [0.15, 0.2) is 235 Å². The molecule has 2 aliphatic rings. The molecule has 2 aliphatic carbocycles. The number of para-hydroxylation sites is 2. The second-order valence-corrected chi connectivity index (χ2v) is 19.8. The summed E-state index contributed by atoms with van der Waals surface area (Å²) in [5, 5.41) is 4.50. The Labute approximate surface area is 416 Å². The molecule has 338 valence electrons. The lowest BCUT2D eigenvalue weighted by molar-refractivity contribution is 0.661. The van der Waals surface area contributed by atoms with E-state index in [1.807, 2.05) is 18.2 Å². The molecule has 0 radical (unpaired) electrons. The molecular weight excluding hydrogens is 877 g/mol. The Morgan fingerprint density at radius 3 is 1.74 bits per heavy atom. The molecule has 3 aromatic heterocycles. The summed E-state index contributed by atoms with van der Waals surface area (Å²) in [5.41, 5.74) is 19.4. The average molecular weight is 921 g/mol. The Morgan fingerprint density at radius 1 is 0.375 bits per heavy atom. The lowest BCUT2D eigenvalue weighted by Gasteiger charge is -2.33. The number of hydrogen-bond acceptors (Lipinski definition) is 4. The van der Waals surface area contributed by atoms with Crippen molar-refractivity contribution in [2.45, 2.75) is 24.7 Å². The second-order valence-electron chi connectivity index (χ2n) is 19.8. The molecule has 13 aromatic rings. The molecule has 0 aliphatic heterocycles. The highest BCUT2D eigenvalue weighted by Gasteiger charge is 2.47. The Morgan fingerprint density at radius 2 is 0.958 bits per heavy atom. The monoisotopic (exact) mass is 920 g/mol. The van der Waals surface area contributed by atoms with Crippen LogP contribution < -0.4 is 0 Å². The normalized spacial score (nSPS) is 13.9. The molecule has 0 fully saturated rings. The van der Waals surface area contributed by atoms with Crippen molar-refractivity contribution in [2.24, 2.45) is 0 Å². The highest BCUT2D eigenvalue weighted by atomic mass is 16.3. The van der Waals surface area contributed by atoms with Gasteiger partial charge in [-0.1, -0.05) is 202 Å². The maximum absolute atomic E-state index is 6.94. The molecule has 0 N–H and O–H groups in total. The maximum atomic E-state index is 6.94. The van der Waals surface area contributed by atoms with E-state index in [1.165, 1.54) is 66.3 Å². The van der Waals surface area contributed by atoms with Gasteiger partial charge < -0.3 is 8.98 Å². The van der Waals surface area contributed by atoms with Gasteiger partial charge in [-0.2, -0.15) is 0 Å². The van der Waals surface area contributed by atoms with Crippen LogP contribution in [-0.2, 0) is 10.8 Å². The maximum Gasteiger partial charge on any atom is 0.167 e. The van der Waals surface area contributed by atoms with Gasteiger partial charge in [0, 0.05) is 43.8 Å². The third kappa shape index (κ3) is 5.62. The fourth-order valence-electron chi connectivity index (χ4n) is 12.6. The summed E-state index contributed by atoms with van der Waals surface area (Å²) < 4.78 is 9.36. The standard InChI is InChI=1S/C67H44N4O/c1-66(2)54-32-15-12-26-45(54)51-39-52-46-27-14-17-35-58(46)71(59(52)40-57(51)66)44-36-37-60-53(38-44)47-29-18-31-50(62(47)72-60)65-69-63(41-20-6-3-7-21-41)68-64(70-65)49-30-19-34-56-61(49)48-28-13-16-33-55(48)67(56,42-22-8-4-9-23-42)43-24-10-5-11-25-43/h3-40H,1-2H3. The first-order valence-electron chi connectivity index (χ1n) is 24.8. The van der Waals surface area contributed by atoms with E-state index < -0.39 is 5.41 Å². The zero-order valence-electron chi connectivity index (χ0n) is 39.6. The number of rotatable bonds is 6. The molecule has 0 saturated carbocycles. The zero-order valence-corrected chi connectivity index (χ0v) is 39.6. The lowest BCUT2D eigenvalue weighted by Crippen LogP contribution is -2.28. The van der Waals surface area contributed by atoms with Crippen LogP contribution in [0.2, 0.25) is 0 Å². The number of hydrogen-bond donors (Lipinski definition) is 0. The molecule has 5 nitrogen and oxygen atoms in total. The van der Waals surface area contributed by atoms with Crippen LogP contribution in [0.5, 0.6) is 0 Å². The van der Waals surface area contributed by atoms with E-state index in [9.17, 15) is 0 Å². The van der Waals surface area contributed by atoms with Gasteiger partial charge >= 0.3 is 0 Å². The van der Waals surface area contributed by atoms with Crippen molar-refractivity contribution < 1.29 is 4.42 Å². The summed E-state index contributed by atoms with van der Waals surface area (Å²) in [6.45, 7) is 4.70. The van der Waals surface area contributed by atoms with Crippen molar-refractivity contribution in [2.75, 3.05) is 0 Å². The van der Waals surface area contributed by atoms with E-state index in [0.29, 0.717) is 17.5 Å². The molecule has 0 bridgehead atoms. The smallest absolute Gasteiger partial charge is 0.167 e. The third-order valence-corrected chi connectivity index (χ3v) is 15.7. The fourth-order valence-corrected chi connectivity index (χ4v) is 12.6. The van der Waals surface area contributed by atoms with E-state index >= 15 is 0 Å². The van der Waals surface area contributed by atoms with Gasteiger partial charge in [0.2, 0.25) is 0 Å². The molecule has 15 rings (SSSR count). The van der Waals surface area contributed by atoms with Crippen LogP contribution in [0.25, 0.3) is 106 Å². The Balaban J connectivity index is 0.929. The van der Waals surface area contributed by atoms with Gasteiger partial charge in [0.15, 0.2) is 17.5 Å². The van der Waals surface area contributed by atoms with E-state index in [2.05, 4.69) is 231 Å². The van der Waals surface area contributed by atoms with E-state index in [4.69, 9.17) is 19.4 Å². The highest BCUT2D eigenvalue weighted by Crippen LogP contribution is 2.58. The quantitative estimate of drug-likeness (QED) is 0.167. The number of furan rings is 1. The Hall–Kier alpha value is -9.19. The summed E-state index contributed by atoms with van der Waals surface area (Å²) >= 11 is 0. The predicted octanol–water partition coefficient (Wildman–Crippen LogP) is 16.5. The van der Waals surface area contributed by atoms with Gasteiger partial charge in [-0.15, -0.1) is 0 Å². The molecule has 0 amide bonds. The van der Waals surface area contributed by atoms with E-state index in [0.717, 1.165) is 55.4 Å². The molecular formula is C67H44N4O. The van der Waals surface area contributed by atoms with Gasteiger partial charge in [0.1, 0.15) is 11.2 Å². The van der Waals surface area contributed by atoms with Gasteiger partial charge in [0.05, 0.1) is 22.0 Å². The van der Waals surface area contributed by atoms with Gasteiger partial charge in [-0.25, -0.2) is 15.0 Å². The first-order valence-corrected chi connectivity index (χ1v) is 24.8. The SMILES string of the molecule is CC1(C)c2ccccc2-c2cc3c4ccccc4n(-c4ccc5oc6c(-c7nc(-c8ccccc8)nc(-c8cccc9c8-c8ccccc8C9(c8ccccc8)c8ccccc8)n7)cccc6c5c4)c3cc21. The van der Waals surface area contributed by atoms with Crippen LogP contribution in [0.3, 0.4) is 0 Å². The van der Waals surface area contributed by atoms with Crippen molar-refractivity contribution in [3.63, 3.8) is 0 Å². The fraction of sp³-hybridized carbons (Fsp3) is 0.0597. The summed E-state index contributed by atoms with van der Waals surface area (Å²) in [6, 6.07) is 82.9. The van der Waals surface area contributed by atoms with Crippen molar-refractivity contribution in [3.05, 3.63) is 264 Å². The highest BCUT2D eigenvalue weighted by molar-refractivity contribution is 6.13. The lowest BCUT2D eigenvalue weighted by atomic mass is 9.67. The minimum absolute atomic E-state index is 0.127. The molecule has 10 aromatic carbocycles. The Bertz CT molecular complexity index is 4320. The molecule has 0 unspecified atom stereocenters. The van der Waals surface area contributed by atoms with Crippen LogP contribution in [0.1, 0.15) is 47.2 Å². The summed E-state index contributed by atoms with van der Waals surface area (Å²) in [7, 11) is 0. The Kier molecular flexibility index (Phi) is 8.56. The topological polar surface area (TPSA) is 56.7 Å². The van der Waals surface area contributed by atoms with Crippen molar-refractivity contribution in [1.82, 2.24) is 19.5 Å². The molecule has 0 spiro atoms. The molecule has 0 atom stereocenters. The van der Waals surface area contributed by atoms with Crippen LogP contribution in [0.4, 0.5) is 0 Å². The molecule has 72 heavy (non-hydrogen) atoms. The number of fused-ring (bicyclic) bond motifs is 12. The summed E-state index contributed by atoms with van der Waals surface area (Å²) in [6.07, 6.45) is 0. The van der Waals surface area contributed by atoms with Gasteiger partial charge in [-0.05, 0) is 98.1 Å². The number of nitrogens with zero attached hydrogens (tertiary/aromatic N) is 4. The van der Waals surface area contributed by atoms with E-state index in [1.54, 1.807) is 0 Å². The zero-order chi connectivity index (χ0) is 47.7. The average Bonchev–Trinajstić information content (AvgIpc) is 4.14. The van der Waals surface area contributed by atoms with Crippen molar-refractivity contribution in [3.8, 4) is 62.1 Å². The molecule has 3 heterocycles. The van der Waals surface area contributed by atoms with Crippen molar-refractivity contribution >= 4 is 43.7 Å². The third-order valence-electron chi connectivity index (χ3n) is 15.7. The minimum atomic E-state index is -0.566. The van der Waals surface area contributed by atoms with Crippen LogP contribution in [-0.4, -0.2) is 19.5 Å². The predicted molar refractivity (Wildman–Crippen MR) is 293 cm³/mol. The first-order chi connectivity index (χ1) is 35.5. The van der Waals surface area contributed by atoms with Crippen LogP contribution in [0, 0.1) is 0 Å². The molecule has 0 saturated heterocycles. The number of benzene rings is 10. The van der Waals surface area contributed by atoms with E-state index in [-0.39, 0.29) is 5.41 Å². The van der Waals surface area contributed by atoms with Gasteiger partial charge in [-0.3, -0.25) is 0 Å². The first kappa shape index (κ1) is 40.7. The van der Waals surface area contributed by atoms with Crippen molar-refractivity contribution in [1.29, 1.82) is 0 Å². The second kappa shape index (κ2) is 15.2. The number of aromatic nitrogens is 4.